The van der Waals surface area contributed by atoms with Crippen molar-refractivity contribution in [3.05, 3.63) is 47.8 Å². The molecule has 2 atom stereocenters. The van der Waals surface area contributed by atoms with Crippen LogP contribution in [0.1, 0.15) is 69.9 Å². The van der Waals surface area contributed by atoms with E-state index >= 15 is 4.39 Å². The number of halogens is 1. The molecule has 2 aliphatic heterocycles. The molecule has 204 valence electrons. The fraction of sp³-hybridized carbons (Fsp3) is 0.567. The molecule has 1 aromatic heterocycles. The molecule has 3 aromatic rings. The highest BCUT2D eigenvalue weighted by Gasteiger charge is 2.36. The summed E-state index contributed by atoms with van der Waals surface area (Å²) in [5.41, 5.74) is 3.19. The molecule has 1 N–H and O–H groups in total. The average Bonchev–Trinajstić information content (AvgIpc) is 3.67. The largest absolute Gasteiger partial charge is 0.321 e. The minimum atomic E-state index is -3.28. The number of piperidine rings is 2. The molecule has 1 aliphatic carbocycles. The summed E-state index contributed by atoms with van der Waals surface area (Å²) in [6, 6.07) is 12.2. The lowest BCUT2D eigenvalue weighted by Gasteiger charge is -2.47. The second-order valence-corrected chi connectivity index (χ2v) is 14.0. The Morgan fingerprint density at radius 2 is 1.71 bits per heavy atom. The van der Waals surface area contributed by atoms with Crippen LogP contribution in [0.4, 0.5) is 4.39 Å². The fourth-order valence-corrected chi connectivity index (χ4v) is 7.36. The summed E-state index contributed by atoms with van der Waals surface area (Å²) >= 11 is 0. The number of sulfone groups is 1. The van der Waals surface area contributed by atoms with E-state index in [-0.39, 0.29) is 10.7 Å². The van der Waals surface area contributed by atoms with Gasteiger partial charge in [0.2, 0.25) is 0 Å². The van der Waals surface area contributed by atoms with Crippen LogP contribution >= 0.6 is 0 Å². The van der Waals surface area contributed by atoms with Gasteiger partial charge in [-0.2, -0.15) is 0 Å². The third-order valence-corrected chi connectivity index (χ3v) is 10.1. The molecule has 2 aromatic carbocycles. The summed E-state index contributed by atoms with van der Waals surface area (Å²) in [5.74, 6) is 1.35. The number of imidazole rings is 1. The van der Waals surface area contributed by atoms with E-state index in [4.69, 9.17) is 4.98 Å². The molecule has 0 radical (unpaired) electrons. The third kappa shape index (κ3) is 4.91. The molecule has 1 unspecified atom stereocenters. The Kier molecular flexibility index (Phi) is 6.85. The second kappa shape index (κ2) is 10.0. The molecule has 2 saturated heterocycles. The van der Waals surface area contributed by atoms with Crippen LogP contribution in [0, 0.1) is 11.7 Å². The number of hydrogen-bond acceptors (Lipinski definition) is 5. The van der Waals surface area contributed by atoms with Gasteiger partial charge in [0.05, 0.1) is 10.4 Å². The van der Waals surface area contributed by atoms with Crippen molar-refractivity contribution < 1.29 is 12.8 Å². The van der Waals surface area contributed by atoms with Crippen LogP contribution in [0.3, 0.4) is 0 Å². The van der Waals surface area contributed by atoms with Crippen LogP contribution < -0.4 is 5.32 Å². The maximum absolute atomic E-state index is 15.7. The lowest BCUT2D eigenvalue weighted by molar-refractivity contribution is 0.0431. The van der Waals surface area contributed by atoms with Gasteiger partial charge in [0.15, 0.2) is 15.7 Å². The van der Waals surface area contributed by atoms with Crippen LogP contribution in [0.5, 0.6) is 0 Å². The van der Waals surface area contributed by atoms with Crippen LogP contribution in [0.15, 0.2) is 41.3 Å². The first-order valence-electron chi connectivity index (χ1n) is 14.2. The molecule has 0 spiro atoms. The maximum Gasteiger partial charge on any atom is 0.175 e. The smallest absolute Gasteiger partial charge is 0.175 e. The number of aromatic nitrogens is 2. The van der Waals surface area contributed by atoms with Crippen molar-refractivity contribution in [3.8, 4) is 11.4 Å². The van der Waals surface area contributed by atoms with Gasteiger partial charge in [0.1, 0.15) is 11.3 Å². The minimum Gasteiger partial charge on any atom is -0.321 e. The monoisotopic (exact) mass is 538 g/mol. The van der Waals surface area contributed by atoms with E-state index in [1.807, 2.05) is 0 Å². The maximum atomic E-state index is 15.7. The molecule has 3 fully saturated rings. The van der Waals surface area contributed by atoms with Crippen LogP contribution in [0.25, 0.3) is 22.4 Å². The minimum absolute atomic E-state index is 0.257. The van der Waals surface area contributed by atoms with Crippen molar-refractivity contribution in [1.29, 1.82) is 0 Å². The summed E-state index contributed by atoms with van der Waals surface area (Å²) in [4.78, 5) is 7.79. The van der Waals surface area contributed by atoms with Crippen molar-refractivity contribution in [1.82, 2.24) is 19.8 Å². The quantitative estimate of drug-likeness (QED) is 0.447. The Bertz CT molecular complexity index is 1420. The zero-order valence-electron chi connectivity index (χ0n) is 22.7. The number of rotatable bonds is 6. The summed E-state index contributed by atoms with van der Waals surface area (Å²) in [5, 5.41) is 3.49. The number of hydrogen-bond donors (Lipinski definition) is 1. The second-order valence-electron chi connectivity index (χ2n) is 12.0. The van der Waals surface area contributed by atoms with Crippen molar-refractivity contribution in [2.24, 2.45) is 5.92 Å². The molecule has 3 aliphatic rings. The molecule has 0 amide bonds. The number of benzene rings is 2. The van der Waals surface area contributed by atoms with E-state index in [0.717, 1.165) is 67.8 Å². The van der Waals surface area contributed by atoms with Crippen molar-refractivity contribution in [2.75, 3.05) is 25.9 Å². The molecule has 3 heterocycles. The molecule has 6 nitrogen and oxygen atoms in total. The van der Waals surface area contributed by atoms with Crippen LogP contribution in [0.2, 0.25) is 0 Å². The van der Waals surface area contributed by atoms with E-state index in [9.17, 15) is 8.42 Å². The van der Waals surface area contributed by atoms with E-state index in [1.54, 1.807) is 30.3 Å². The number of fused-ring (bicyclic) bond motifs is 1. The molecule has 6 rings (SSSR count). The van der Waals surface area contributed by atoms with Gasteiger partial charge in [-0.05, 0) is 112 Å². The van der Waals surface area contributed by atoms with Crippen molar-refractivity contribution >= 4 is 20.9 Å². The van der Waals surface area contributed by atoms with E-state index in [2.05, 4.69) is 34.7 Å². The SMILES string of the molecule is CC(C)[C@H]1CC(c2cc(F)c3nc(-c4ccc(S(C)(=O)=O)cc4)n(C4CC4)c3c2)CCN1C1CCNCC1. The summed E-state index contributed by atoms with van der Waals surface area (Å²) in [6.45, 7) is 7.92. The van der Waals surface area contributed by atoms with Gasteiger partial charge >= 0.3 is 0 Å². The summed E-state index contributed by atoms with van der Waals surface area (Å²) in [6.07, 6.45) is 7.84. The standard InChI is InChI=1S/C30H39FN4O2S/c1-19(2)27-17-21(12-15-34(27)23-10-13-32-14-11-23)22-16-26(31)29-28(18-22)35(24-6-7-24)30(33-29)20-4-8-25(9-5-20)38(3,36)37/h4-5,8-9,16,18-19,21,23-24,27,32H,6-7,10-15,17H2,1-3H3/t21?,27-/m1/s1. The molecule has 8 heteroatoms. The Labute approximate surface area is 225 Å². The summed E-state index contributed by atoms with van der Waals surface area (Å²) < 4.78 is 41.7. The van der Waals surface area contributed by atoms with Crippen molar-refractivity contribution in [3.63, 3.8) is 0 Å². The van der Waals surface area contributed by atoms with Crippen molar-refractivity contribution in [2.45, 2.75) is 81.3 Å². The van der Waals surface area contributed by atoms with Gasteiger partial charge in [-0.3, -0.25) is 4.90 Å². The predicted molar refractivity (Wildman–Crippen MR) is 150 cm³/mol. The molecule has 38 heavy (non-hydrogen) atoms. The van der Waals surface area contributed by atoms with Gasteiger partial charge in [-0.1, -0.05) is 13.8 Å². The fourth-order valence-electron chi connectivity index (χ4n) is 6.73. The van der Waals surface area contributed by atoms with E-state index in [0.29, 0.717) is 35.5 Å². The molecular weight excluding hydrogens is 499 g/mol. The Morgan fingerprint density at radius 3 is 2.34 bits per heavy atom. The summed E-state index contributed by atoms with van der Waals surface area (Å²) in [7, 11) is -3.28. The lowest BCUT2D eigenvalue weighted by Crippen LogP contribution is -2.53. The zero-order valence-corrected chi connectivity index (χ0v) is 23.5. The number of likely N-dealkylation sites (tertiary alicyclic amines) is 1. The first kappa shape index (κ1) is 26.0. The Morgan fingerprint density at radius 1 is 1.00 bits per heavy atom. The lowest BCUT2D eigenvalue weighted by atomic mass is 9.80. The zero-order chi connectivity index (χ0) is 26.6. The molecule has 1 saturated carbocycles. The average molecular weight is 539 g/mol. The number of nitrogens with zero attached hydrogens (tertiary/aromatic N) is 3. The van der Waals surface area contributed by atoms with E-state index < -0.39 is 9.84 Å². The first-order chi connectivity index (χ1) is 18.2. The topological polar surface area (TPSA) is 67.2 Å². The highest BCUT2D eigenvalue weighted by atomic mass is 32.2. The van der Waals surface area contributed by atoms with Gasteiger partial charge in [0, 0.05) is 29.9 Å². The normalized spacial score (nSPS) is 23.9. The number of nitrogens with one attached hydrogen (secondary N) is 1. The van der Waals surface area contributed by atoms with Gasteiger partial charge in [-0.25, -0.2) is 17.8 Å². The highest BCUT2D eigenvalue weighted by molar-refractivity contribution is 7.90. The third-order valence-electron chi connectivity index (χ3n) is 8.93. The van der Waals surface area contributed by atoms with E-state index in [1.165, 1.54) is 19.1 Å². The highest BCUT2D eigenvalue weighted by Crippen LogP contribution is 2.44. The Balaban J connectivity index is 1.35. The van der Waals surface area contributed by atoms with Gasteiger partial charge in [0.25, 0.3) is 0 Å². The van der Waals surface area contributed by atoms with Crippen LogP contribution in [-0.4, -0.2) is 60.8 Å². The predicted octanol–water partition coefficient (Wildman–Crippen LogP) is 5.54. The Hall–Kier alpha value is -2.29. The molecular formula is C30H39FN4O2S. The van der Waals surface area contributed by atoms with Gasteiger partial charge in [-0.15, -0.1) is 0 Å². The first-order valence-corrected chi connectivity index (χ1v) is 16.1. The van der Waals surface area contributed by atoms with Crippen LogP contribution in [-0.2, 0) is 9.84 Å². The van der Waals surface area contributed by atoms with Gasteiger partial charge < -0.3 is 9.88 Å². The molecule has 0 bridgehead atoms.